The quantitative estimate of drug-likeness (QED) is 0.788. The van der Waals surface area contributed by atoms with Crippen molar-refractivity contribution in [3.63, 3.8) is 0 Å². The lowest BCUT2D eigenvalue weighted by molar-refractivity contribution is 0.360. The van der Waals surface area contributed by atoms with E-state index in [0.717, 1.165) is 36.2 Å². The van der Waals surface area contributed by atoms with Crippen LogP contribution in [0.3, 0.4) is 0 Å². The molecule has 2 unspecified atom stereocenters. The largest absolute Gasteiger partial charge is 0.444 e. The standard InChI is InChI=1S/C14H26N2O/c1-6-10(3)8-13(7-2)15-9-14-16-11(4)12(5)17-14/h10,13,15H,6-9H2,1-5H3. The molecule has 2 atom stereocenters. The Morgan fingerprint density at radius 3 is 2.41 bits per heavy atom. The fraction of sp³-hybridized carbons (Fsp3) is 0.786. The molecule has 0 aliphatic carbocycles. The van der Waals surface area contributed by atoms with Crippen LogP contribution in [-0.2, 0) is 6.54 Å². The molecule has 98 valence electrons. The van der Waals surface area contributed by atoms with Gasteiger partial charge in [-0.3, -0.25) is 0 Å². The number of aromatic nitrogens is 1. The van der Waals surface area contributed by atoms with Gasteiger partial charge in [0.05, 0.1) is 12.2 Å². The van der Waals surface area contributed by atoms with E-state index in [2.05, 4.69) is 31.1 Å². The molecule has 0 saturated heterocycles. The first-order valence-electron chi connectivity index (χ1n) is 6.73. The Kier molecular flexibility index (Phi) is 5.69. The van der Waals surface area contributed by atoms with Crippen LogP contribution in [0.2, 0.25) is 0 Å². The molecule has 0 aliphatic heterocycles. The molecule has 3 heteroatoms. The minimum absolute atomic E-state index is 0.567. The summed E-state index contributed by atoms with van der Waals surface area (Å²) >= 11 is 0. The zero-order valence-electron chi connectivity index (χ0n) is 11.8. The molecule has 1 heterocycles. The van der Waals surface area contributed by atoms with Gasteiger partial charge < -0.3 is 9.73 Å². The smallest absolute Gasteiger partial charge is 0.208 e. The minimum Gasteiger partial charge on any atom is -0.444 e. The first-order chi connectivity index (χ1) is 8.06. The molecule has 0 bridgehead atoms. The SMILES string of the molecule is CCC(C)CC(CC)NCc1nc(C)c(C)o1. The van der Waals surface area contributed by atoms with Crippen molar-refractivity contribution in [2.45, 2.75) is 66.5 Å². The van der Waals surface area contributed by atoms with Crippen LogP contribution in [0.4, 0.5) is 0 Å². The van der Waals surface area contributed by atoms with E-state index in [9.17, 15) is 0 Å². The Morgan fingerprint density at radius 1 is 1.24 bits per heavy atom. The van der Waals surface area contributed by atoms with Crippen LogP contribution in [0.1, 0.15) is 57.4 Å². The van der Waals surface area contributed by atoms with E-state index >= 15 is 0 Å². The van der Waals surface area contributed by atoms with Gasteiger partial charge >= 0.3 is 0 Å². The molecule has 0 fully saturated rings. The summed E-state index contributed by atoms with van der Waals surface area (Å²) in [7, 11) is 0. The van der Waals surface area contributed by atoms with E-state index in [1.165, 1.54) is 12.8 Å². The van der Waals surface area contributed by atoms with E-state index in [0.29, 0.717) is 6.04 Å². The van der Waals surface area contributed by atoms with Gasteiger partial charge in [-0.15, -0.1) is 0 Å². The van der Waals surface area contributed by atoms with Crippen LogP contribution in [0.5, 0.6) is 0 Å². The maximum absolute atomic E-state index is 5.57. The summed E-state index contributed by atoms with van der Waals surface area (Å²) in [6.07, 6.45) is 3.63. The number of hydrogen-bond acceptors (Lipinski definition) is 3. The summed E-state index contributed by atoms with van der Waals surface area (Å²) in [4.78, 5) is 4.39. The van der Waals surface area contributed by atoms with Crippen molar-refractivity contribution in [2.24, 2.45) is 5.92 Å². The fourth-order valence-corrected chi connectivity index (χ4v) is 1.89. The summed E-state index contributed by atoms with van der Waals surface area (Å²) in [5, 5.41) is 3.54. The molecule has 0 aliphatic rings. The lowest BCUT2D eigenvalue weighted by Gasteiger charge is -2.19. The Bertz CT molecular complexity index is 313. The lowest BCUT2D eigenvalue weighted by Crippen LogP contribution is -2.29. The van der Waals surface area contributed by atoms with Crippen LogP contribution < -0.4 is 5.32 Å². The number of aryl methyl sites for hydroxylation is 2. The molecule has 17 heavy (non-hydrogen) atoms. The number of nitrogens with one attached hydrogen (secondary N) is 1. The third-order valence-electron chi connectivity index (χ3n) is 3.49. The second-order valence-corrected chi connectivity index (χ2v) is 4.98. The predicted molar refractivity (Wildman–Crippen MR) is 71.0 cm³/mol. The van der Waals surface area contributed by atoms with Crippen molar-refractivity contribution in [1.82, 2.24) is 10.3 Å². The average Bonchev–Trinajstić information content (AvgIpc) is 2.63. The number of hydrogen-bond donors (Lipinski definition) is 1. The molecule has 1 N–H and O–H groups in total. The number of oxazole rings is 1. The molecular formula is C14H26N2O. The number of rotatable bonds is 7. The van der Waals surface area contributed by atoms with Crippen molar-refractivity contribution in [2.75, 3.05) is 0 Å². The fourth-order valence-electron chi connectivity index (χ4n) is 1.89. The zero-order valence-corrected chi connectivity index (χ0v) is 11.8. The molecule has 3 nitrogen and oxygen atoms in total. The van der Waals surface area contributed by atoms with Gasteiger partial charge in [-0.2, -0.15) is 0 Å². The van der Waals surface area contributed by atoms with E-state index in [1.807, 2.05) is 13.8 Å². The first-order valence-corrected chi connectivity index (χ1v) is 6.73. The third-order valence-corrected chi connectivity index (χ3v) is 3.49. The van der Waals surface area contributed by atoms with Gasteiger partial charge in [0.25, 0.3) is 0 Å². The average molecular weight is 238 g/mol. The summed E-state index contributed by atoms with van der Waals surface area (Å²) in [6, 6.07) is 0.567. The minimum atomic E-state index is 0.567. The summed E-state index contributed by atoms with van der Waals surface area (Å²) < 4.78 is 5.57. The molecule has 1 aromatic rings. The van der Waals surface area contributed by atoms with Crippen LogP contribution in [0, 0.1) is 19.8 Å². The van der Waals surface area contributed by atoms with Gasteiger partial charge in [-0.25, -0.2) is 4.98 Å². The highest BCUT2D eigenvalue weighted by atomic mass is 16.4. The molecule has 0 radical (unpaired) electrons. The second-order valence-electron chi connectivity index (χ2n) is 4.98. The van der Waals surface area contributed by atoms with E-state index in [-0.39, 0.29) is 0 Å². The van der Waals surface area contributed by atoms with E-state index in [1.54, 1.807) is 0 Å². The lowest BCUT2D eigenvalue weighted by atomic mass is 9.98. The van der Waals surface area contributed by atoms with Crippen molar-refractivity contribution >= 4 is 0 Å². The second kappa shape index (κ2) is 6.80. The first kappa shape index (κ1) is 14.2. The topological polar surface area (TPSA) is 38.1 Å². The highest BCUT2D eigenvalue weighted by molar-refractivity contribution is 5.05. The Labute approximate surface area is 105 Å². The highest BCUT2D eigenvalue weighted by Crippen LogP contribution is 2.13. The van der Waals surface area contributed by atoms with Crippen molar-refractivity contribution < 1.29 is 4.42 Å². The summed E-state index contributed by atoms with van der Waals surface area (Å²) in [6.45, 7) is 11.5. The molecule has 0 amide bonds. The predicted octanol–water partition coefficient (Wildman–Crippen LogP) is 3.60. The van der Waals surface area contributed by atoms with E-state index in [4.69, 9.17) is 4.42 Å². The van der Waals surface area contributed by atoms with Crippen molar-refractivity contribution in [1.29, 1.82) is 0 Å². The van der Waals surface area contributed by atoms with Crippen LogP contribution in [0.15, 0.2) is 4.42 Å². The monoisotopic (exact) mass is 238 g/mol. The molecule has 0 spiro atoms. The zero-order chi connectivity index (χ0) is 12.8. The maximum atomic E-state index is 5.57. The maximum Gasteiger partial charge on any atom is 0.208 e. The molecule has 1 aromatic heterocycles. The molecule has 0 saturated carbocycles. The molecule has 1 rings (SSSR count). The molecule has 0 aromatic carbocycles. The van der Waals surface area contributed by atoms with Crippen LogP contribution in [0.25, 0.3) is 0 Å². The van der Waals surface area contributed by atoms with E-state index < -0.39 is 0 Å². The Morgan fingerprint density at radius 2 is 1.94 bits per heavy atom. The molecular weight excluding hydrogens is 212 g/mol. The highest BCUT2D eigenvalue weighted by Gasteiger charge is 2.12. The van der Waals surface area contributed by atoms with Gasteiger partial charge in [-0.1, -0.05) is 27.2 Å². The Hall–Kier alpha value is -0.830. The van der Waals surface area contributed by atoms with Gasteiger partial charge in [0.1, 0.15) is 5.76 Å². The van der Waals surface area contributed by atoms with Gasteiger partial charge in [0.2, 0.25) is 5.89 Å². The number of nitrogens with zero attached hydrogens (tertiary/aromatic N) is 1. The normalized spacial score (nSPS) is 14.9. The third kappa shape index (κ3) is 4.50. The van der Waals surface area contributed by atoms with Crippen LogP contribution in [-0.4, -0.2) is 11.0 Å². The van der Waals surface area contributed by atoms with Gasteiger partial charge in [0.15, 0.2) is 0 Å². The van der Waals surface area contributed by atoms with Gasteiger partial charge in [0, 0.05) is 6.04 Å². The summed E-state index contributed by atoms with van der Waals surface area (Å²) in [5.74, 6) is 2.51. The van der Waals surface area contributed by atoms with Crippen molar-refractivity contribution in [3.8, 4) is 0 Å². The Balaban J connectivity index is 2.42. The summed E-state index contributed by atoms with van der Waals surface area (Å²) in [5.41, 5.74) is 0.997. The van der Waals surface area contributed by atoms with Crippen molar-refractivity contribution in [3.05, 3.63) is 17.3 Å². The van der Waals surface area contributed by atoms with Crippen LogP contribution >= 0.6 is 0 Å². The van der Waals surface area contributed by atoms with Gasteiger partial charge in [-0.05, 0) is 32.6 Å².